The molecule has 0 atom stereocenters. The first kappa shape index (κ1) is 28.9. The van der Waals surface area contributed by atoms with Crippen LogP contribution in [0.2, 0.25) is 0 Å². The number of aromatic nitrogens is 5. The van der Waals surface area contributed by atoms with Crippen molar-refractivity contribution in [1.82, 2.24) is 24.9 Å². The van der Waals surface area contributed by atoms with Crippen LogP contribution in [0.3, 0.4) is 0 Å². The number of nitrogens with zero attached hydrogens (tertiary/aromatic N) is 5. The molecule has 0 saturated carbocycles. The molecule has 5 aromatic carbocycles. The lowest BCUT2D eigenvalue weighted by molar-refractivity contribution is 0.669. The van der Waals surface area contributed by atoms with Crippen molar-refractivity contribution >= 4 is 38.4 Å². The van der Waals surface area contributed by atoms with Crippen LogP contribution >= 0.6 is 0 Å². The largest absolute Gasteiger partial charge is 0.456 e. The predicted molar refractivity (Wildman–Crippen MR) is 195 cm³/mol. The lowest BCUT2D eigenvalue weighted by atomic mass is 10.0. The van der Waals surface area contributed by atoms with E-state index in [2.05, 4.69) is 30.9 Å². The monoisotopic (exact) mass is 619 g/mol. The normalized spacial score (nSPS) is 12.0. The van der Waals surface area contributed by atoms with Gasteiger partial charge in [0.05, 0.1) is 11.2 Å². The van der Waals surface area contributed by atoms with Crippen molar-refractivity contribution < 1.29 is 4.42 Å². The minimum atomic E-state index is 0.576. The highest BCUT2D eigenvalue weighted by Gasteiger charge is 2.19. The molecule has 0 spiro atoms. The summed E-state index contributed by atoms with van der Waals surface area (Å²) in [7, 11) is 0. The first-order valence-corrected chi connectivity index (χ1v) is 15.8. The second-order valence-corrected chi connectivity index (χ2v) is 11.3. The molecular weight excluding hydrogens is 590 g/mol. The fourth-order valence-electron chi connectivity index (χ4n) is 5.99. The Morgan fingerprint density at radius 2 is 1.25 bits per heavy atom. The van der Waals surface area contributed by atoms with Crippen molar-refractivity contribution in [2.75, 3.05) is 0 Å². The van der Waals surface area contributed by atoms with Gasteiger partial charge in [0.1, 0.15) is 11.2 Å². The molecule has 0 saturated heterocycles. The summed E-state index contributed by atoms with van der Waals surface area (Å²) in [6.45, 7) is 5.86. The fraction of sp³-hybridized carbons (Fsp3) is 0.0238. The molecule has 0 fully saturated rings. The second-order valence-electron chi connectivity index (χ2n) is 11.3. The molecule has 3 aromatic heterocycles. The van der Waals surface area contributed by atoms with Gasteiger partial charge < -0.3 is 4.42 Å². The molecule has 3 heterocycles. The summed E-state index contributed by atoms with van der Waals surface area (Å²) in [6, 6.07) is 40.1. The van der Waals surface area contributed by atoms with Crippen molar-refractivity contribution in [3.8, 4) is 45.6 Å². The van der Waals surface area contributed by atoms with E-state index in [0.29, 0.717) is 23.3 Å². The number of furan rings is 1. The van der Waals surface area contributed by atoms with Gasteiger partial charge in [-0.1, -0.05) is 122 Å². The van der Waals surface area contributed by atoms with E-state index in [-0.39, 0.29) is 0 Å². The number of allylic oxidation sites excluding steroid dienone is 5. The Kier molecular flexibility index (Phi) is 7.43. The van der Waals surface area contributed by atoms with Gasteiger partial charge in [-0.3, -0.25) is 0 Å². The Bertz CT molecular complexity index is 2470. The molecule has 6 heteroatoms. The van der Waals surface area contributed by atoms with Crippen LogP contribution in [-0.4, -0.2) is 24.9 Å². The fourth-order valence-corrected chi connectivity index (χ4v) is 5.99. The maximum atomic E-state index is 6.39. The van der Waals surface area contributed by atoms with E-state index in [0.717, 1.165) is 66.4 Å². The molecule has 0 aliphatic rings. The standard InChI is InChI=1S/C42H29N5O/c1-3-5-15-27(4-2)38-31-20-12-13-22-34(31)43-42(44-38)32-21-14-23-36-37(32)33-26-30(24-25-35(33)48-36)41-46-39(28-16-8-6-9-17-28)45-40(47-41)29-18-10-7-11-19-29/h3-26H,1H2,2H3/b15-5-,27-4+. The number of benzene rings is 5. The van der Waals surface area contributed by atoms with E-state index in [1.807, 2.05) is 122 Å². The van der Waals surface area contributed by atoms with Crippen molar-refractivity contribution in [3.63, 3.8) is 0 Å². The summed E-state index contributed by atoms with van der Waals surface area (Å²) in [5.74, 6) is 2.42. The number of fused-ring (bicyclic) bond motifs is 4. The first-order valence-electron chi connectivity index (χ1n) is 15.8. The van der Waals surface area contributed by atoms with Gasteiger partial charge in [-0.25, -0.2) is 24.9 Å². The summed E-state index contributed by atoms with van der Waals surface area (Å²) in [6.07, 6.45) is 7.77. The molecule has 6 nitrogen and oxygen atoms in total. The summed E-state index contributed by atoms with van der Waals surface area (Å²) in [5, 5.41) is 2.84. The highest BCUT2D eigenvalue weighted by atomic mass is 16.3. The van der Waals surface area contributed by atoms with Crippen LogP contribution in [0.25, 0.3) is 84.0 Å². The Hall–Kier alpha value is -6.53. The molecule has 8 rings (SSSR count). The molecule has 228 valence electrons. The molecule has 0 radical (unpaired) electrons. The van der Waals surface area contributed by atoms with E-state index in [9.17, 15) is 0 Å². The zero-order valence-electron chi connectivity index (χ0n) is 26.2. The van der Waals surface area contributed by atoms with Crippen LogP contribution in [0, 0.1) is 0 Å². The van der Waals surface area contributed by atoms with E-state index >= 15 is 0 Å². The summed E-state index contributed by atoms with van der Waals surface area (Å²) in [5.41, 5.74) is 7.78. The number of hydrogen-bond acceptors (Lipinski definition) is 6. The van der Waals surface area contributed by atoms with Crippen molar-refractivity contribution in [2.45, 2.75) is 6.92 Å². The summed E-state index contributed by atoms with van der Waals surface area (Å²) < 4.78 is 6.39. The maximum absolute atomic E-state index is 6.39. The topological polar surface area (TPSA) is 77.6 Å². The zero-order valence-corrected chi connectivity index (χ0v) is 26.2. The van der Waals surface area contributed by atoms with Gasteiger partial charge in [-0.2, -0.15) is 0 Å². The average molecular weight is 620 g/mol. The number of para-hydroxylation sites is 1. The van der Waals surface area contributed by atoms with Crippen LogP contribution in [-0.2, 0) is 0 Å². The average Bonchev–Trinajstić information content (AvgIpc) is 3.54. The van der Waals surface area contributed by atoms with Crippen molar-refractivity contribution in [3.05, 3.63) is 158 Å². The van der Waals surface area contributed by atoms with Gasteiger partial charge in [-0.05, 0) is 42.8 Å². The van der Waals surface area contributed by atoms with Crippen LogP contribution in [0.5, 0.6) is 0 Å². The van der Waals surface area contributed by atoms with Gasteiger partial charge in [0, 0.05) is 38.4 Å². The molecule has 0 unspecified atom stereocenters. The van der Waals surface area contributed by atoms with Crippen LogP contribution in [0.1, 0.15) is 12.6 Å². The van der Waals surface area contributed by atoms with Crippen molar-refractivity contribution in [1.29, 1.82) is 0 Å². The molecular formula is C42H29N5O. The lowest BCUT2D eigenvalue weighted by Crippen LogP contribution is -2.00. The van der Waals surface area contributed by atoms with Gasteiger partial charge in [0.2, 0.25) is 0 Å². The van der Waals surface area contributed by atoms with E-state index < -0.39 is 0 Å². The van der Waals surface area contributed by atoms with Crippen LogP contribution in [0.15, 0.2) is 157 Å². The van der Waals surface area contributed by atoms with Crippen molar-refractivity contribution in [2.24, 2.45) is 0 Å². The van der Waals surface area contributed by atoms with Gasteiger partial charge in [0.25, 0.3) is 0 Å². The third kappa shape index (κ3) is 5.25. The van der Waals surface area contributed by atoms with Crippen LogP contribution < -0.4 is 0 Å². The molecule has 48 heavy (non-hydrogen) atoms. The molecule has 0 aliphatic heterocycles. The molecule has 8 aromatic rings. The molecule has 0 N–H and O–H groups in total. The Labute approximate surface area is 277 Å². The number of rotatable bonds is 7. The SMILES string of the molecule is C=C/C=C\C(=C/C)c1nc(-c2cccc3oc4ccc(-c5nc(-c6ccccc6)nc(-c6ccccc6)n5)cc4c23)nc2ccccc12. The molecule has 0 aliphatic carbocycles. The zero-order chi connectivity index (χ0) is 32.5. The van der Waals surface area contributed by atoms with Gasteiger partial charge in [-0.15, -0.1) is 0 Å². The Balaban J connectivity index is 1.34. The quantitative estimate of drug-likeness (QED) is 0.165. The minimum absolute atomic E-state index is 0.576. The first-order chi connectivity index (χ1) is 23.7. The third-order valence-electron chi connectivity index (χ3n) is 8.29. The smallest absolute Gasteiger partial charge is 0.164 e. The molecule has 0 bridgehead atoms. The van der Waals surface area contributed by atoms with E-state index in [1.165, 1.54) is 0 Å². The van der Waals surface area contributed by atoms with E-state index in [1.54, 1.807) is 6.08 Å². The third-order valence-corrected chi connectivity index (χ3v) is 8.29. The summed E-state index contributed by atoms with van der Waals surface area (Å²) >= 11 is 0. The Morgan fingerprint density at radius 3 is 1.94 bits per heavy atom. The predicted octanol–water partition coefficient (Wildman–Crippen LogP) is 10.5. The maximum Gasteiger partial charge on any atom is 0.164 e. The highest BCUT2D eigenvalue weighted by Crippen LogP contribution is 2.38. The lowest BCUT2D eigenvalue weighted by Gasteiger charge is -2.11. The molecule has 0 amide bonds. The second kappa shape index (κ2) is 12.3. The number of hydrogen-bond donors (Lipinski definition) is 0. The van der Waals surface area contributed by atoms with Gasteiger partial charge in [0.15, 0.2) is 23.3 Å². The minimum Gasteiger partial charge on any atom is -0.456 e. The summed E-state index contributed by atoms with van der Waals surface area (Å²) in [4.78, 5) is 25.0. The van der Waals surface area contributed by atoms with Crippen LogP contribution in [0.4, 0.5) is 0 Å². The highest BCUT2D eigenvalue weighted by molar-refractivity contribution is 6.13. The Morgan fingerprint density at radius 1 is 0.583 bits per heavy atom. The van der Waals surface area contributed by atoms with Gasteiger partial charge >= 0.3 is 0 Å². The van der Waals surface area contributed by atoms with E-state index in [4.69, 9.17) is 29.3 Å².